The van der Waals surface area contributed by atoms with Crippen molar-refractivity contribution in [3.8, 4) is 17.2 Å². The maximum absolute atomic E-state index is 13.5. The lowest BCUT2D eigenvalue weighted by Crippen LogP contribution is -2.55. The number of hydrogen-bond acceptors (Lipinski definition) is 5. The summed E-state index contributed by atoms with van der Waals surface area (Å²) in [7, 11) is 1.39. The topological polar surface area (TPSA) is 82.1 Å². The van der Waals surface area contributed by atoms with Gasteiger partial charge in [-0.05, 0) is 36.2 Å². The second kappa shape index (κ2) is 10.3. The fourth-order valence-electron chi connectivity index (χ4n) is 4.14. The summed E-state index contributed by atoms with van der Waals surface area (Å²) in [5, 5.41) is 22.6. The van der Waals surface area contributed by atoms with Gasteiger partial charge in [0.2, 0.25) is 0 Å². The lowest BCUT2D eigenvalue weighted by atomic mass is 9.94. The molecule has 11 heteroatoms. The maximum atomic E-state index is 13.5. The van der Waals surface area contributed by atoms with Crippen molar-refractivity contribution in [1.29, 1.82) is 0 Å². The van der Waals surface area contributed by atoms with E-state index in [9.17, 15) is 32.7 Å². The molecule has 7 nitrogen and oxygen atoms in total. The van der Waals surface area contributed by atoms with Gasteiger partial charge >= 0.3 is 6.36 Å². The minimum absolute atomic E-state index is 0.0624. The average molecular weight is 518 g/mol. The van der Waals surface area contributed by atoms with Crippen LogP contribution in [-0.4, -0.2) is 49.1 Å². The Morgan fingerprint density at radius 2 is 1.92 bits per heavy atom. The number of nitrogens with zero attached hydrogens (tertiary/aromatic N) is 2. The summed E-state index contributed by atoms with van der Waals surface area (Å²) >= 11 is 0. The lowest BCUT2D eigenvalue weighted by Gasteiger charge is -2.46. The zero-order chi connectivity index (χ0) is 26.8. The first-order chi connectivity index (χ1) is 17.5. The minimum atomic E-state index is -4.94. The van der Waals surface area contributed by atoms with Gasteiger partial charge in [-0.3, -0.25) is 9.69 Å². The quantitative estimate of drug-likeness (QED) is 0.260. The number of quaternary nitrogens is 1. The number of aliphatic hydroxyl groups excluding tert-OH is 1. The Morgan fingerprint density at radius 3 is 2.59 bits per heavy atom. The molecule has 1 atom stereocenters. The summed E-state index contributed by atoms with van der Waals surface area (Å²) in [4.78, 5) is 14.9. The molecule has 0 radical (unpaired) electrons. The molecule has 0 saturated heterocycles. The van der Waals surface area contributed by atoms with Crippen LogP contribution in [0.4, 0.5) is 23.2 Å². The first-order valence-corrected chi connectivity index (χ1v) is 11.2. The molecule has 1 N–H and O–H groups in total. The van der Waals surface area contributed by atoms with Gasteiger partial charge in [0.1, 0.15) is 28.6 Å². The van der Waals surface area contributed by atoms with Crippen molar-refractivity contribution in [2.75, 3.05) is 26.9 Å². The van der Waals surface area contributed by atoms with Crippen molar-refractivity contribution in [3.05, 3.63) is 88.4 Å². The fourth-order valence-corrected chi connectivity index (χ4v) is 4.14. The number of alkyl halides is 3. The zero-order valence-corrected chi connectivity index (χ0v) is 19.6. The van der Waals surface area contributed by atoms with Crippen molar-refractivity contribution in [3.63, 3.8) is 0 Å². The number of ether oxygens (including phenoxy) is 2. The molecule has 0 saturated carbocycles. The van der Waals surface area contributed by atoms with E-state index in [1.165, 1.54) is 54.4 Å². The van der Waals surface area contributed by atoms with E-state index in [-0.39, 0.29) is 55.4 Å². The molecule has 3 aromatic rings. The highest BCUT2D eigenvalue weighted by molar-refractivity contribution is 6.03. The number of fused-ring (bicyclic) bond motifs is 1. The van der Waals surface area contributed by atoms with Gasteiger partial charge in [-0.1, -0.05) is 18.2 Å². The molecule has 1 aliphatic rings. The zero-order valence-electron chi connectivity index (χ0n) is 19.6. The van der Waals surface area contributed by atoms with Crippen LogP contribution in [0.5, 0.6) is 17.2 Å². The van der Waals surface area contributed by atoms with E-state index in [0.717, 1.165) is 6.07 Å². The van der Waals surface area contributed by atoms with E-state index in [1.807, 2.05) is 0 Å². The number of aliphatic hydroxyl groups is 1. The Labute approximate surface area is 210 Å². The van der Waals surface area contributed by atoms with Crippen molar-refractivity contribution in [2.45, 2.75) is 19.2 Å². The second-order valence-electron chi connectivity index (χ2n) is 8.60. The largest absolute Gasteiger partial charge is 0.626 e. The average Bonchev–Trinajstić information content (AvgIpc) is 2.82. The van der Waals surface area contributed by atoms with E-state index in [0.29, 0.717) is 11.1 Å². The Balaban J connectivity index is 1.80. The SMILES string of the molecule is C[N+]1([O-])CN(CCCO)C(=O)c2c1ccc(Oc1cc#cc(OC(F)(F)F)c1)c2Cc1ccc(F)cc1. The molecule has 1 unspecified atom stereocenters. The minimum Gasteiger partial charge on any atom is -0.626 e. The monoisotopic (exact) mass is 518 g/mol. The molecule has 0 bridgehead atoms. The Bertz CT molecular complexity index is 1280. The highest BCUT2D eigenvalue weighted by Crippen LogP contribution is 2.41. The Hall–Kier alpha value is -3.85. The molecule has 0 aromatic heterocycles. The standard InChI is InChI=1S/C26H22F4N2O5/c1-32(35)16-31(12-3-13-33)25(34)24-21(14-17-6-8-18(27)9-7-17)23(11-10-22(24)32)36-19-4-2-5-20(15-19)37-26(28,29)30/h4,6-11,15,33H,3,12-14,16H2,1H3. The summed E-state index contributed by atoms with van der Waals surface area (Å²) in [6.07, 6.45) is -4.61. The van der Waals surface area contributed by atoms with Crippen LogP contribution in [0, 0.1) is 23.2 Å². The van der Waals surface area contributed by atoms with Crippen LogP contribution in [0.25, 0.3) is 0 Å². The molecule has 0 aliphatic carbocycles. The predicted octanol–water partition coefficient (Wildman–Crippen LogP) is 4.94. The number of hydrogen-bond donors (Lipinski definition) is 1. The number of amides is 1. The highest BCUT2D eigenvalue weighted by atomic mass is 19.4. The molecule has 1 aliphatic heterocycles. The summed E-state index contributed by atoms with van der Waals surface area (Å²) < 4.78 is 60.3. The molecule has 37 heavy (non-hydrogen) atoms. The van der Waals surface area contributed by atoms with Gasteiger partial charge in [-0.15, -0.1) is 13.2 Å². The Kier molecular flexibility index (Phi) is 7.27. The van der Waals surface area contributed by atoms with Crippen LogP contribution < -0.4 is 14.1 Å². The van der Waals surface area contributed by atoms with E-state index in [2.05, 4.69) is 16.9 Å². The third-order valence-corrected chi connectivity index (χ3v) is 5.72. The van der Waals surface area contributed by atoms with Gasteiger partial charge in [0, 0.05) is 43.3 Å². The maximum Gasteiger partial charge on any atom is 0.573 e. The normalized spacial score (nSPS) is 17.3. The summed E-state index contributed by atoms with van der Waals surface area (Å²) in [6.45, 7) is -0.189. The molecule has 3 aromatic carbocycles. The van der Waals surface area contributed by atoms with Gasteiger partial charge in [0.25, 0.3) is 5.91 Å². The molecular weight excluding hydrogens is 496 g/mol. The molecule has 194 valence electrons. The molecule has 0 spiro atoms. The van der Waals surface area contributed by atoms with Gasteiger partial charge < -0.3 is 24.4 Å². The first kappa shape index (κ1) is 26.2. The first-order valence-electron chi connectivity index (χ1n) is 11.2. The summed E-state index contributed by atoms with van der Waals surface area (Å²) in [5.41, 5.74) is 1.17. The Morgan fingerprint density at radius 1 is 1.19 bits per heavy atom. The number of rotatable bonds is 8. The molecular formula is C26H22F4N2O5. The van der Waals surface area contributed by atoms with Crippen LogP contribution in [-0.2, 0) is 6.42 Å². The van der Waals surface area contributed by atoms with Crippen molar-refractivity contribution in [2.24, 2.45) is 0 Å². The summed E-state index contributed by atoms with van der Waals surface area (Å²) in [6, 6.07) is 15.2. The highest BCUT2D eigenvalue weighted by Gasteiger charge is 2.38. The van der Waals surface area contributed by atoms with E-state index < -0.39 is 28.5 Å². The summed E-state index contributed by atoms with van der Waals surface area (Å²) in [5.74, 6) is -1.54. The molecule has 1 heterocycles. The van der Waals surface area contributed by atoms with E-state index >= 15 is 0 Å². The van der Waals surface area contributed by atoms with Crippen molar-refractivity contribution in [1.82, 2.24) is 9.55 Å². The van der Waals surface area contributed by atoms with Crippen LogP contribution in [0.1, 0.15) is 27.9 Å². The van der Waals surface area contributed by atoms with Gasteiger partial charge in [0.05, 0.1) is 7.05 Å². The van der Waals surface area contributed by atoms with Gasteiger partial charge in [-0.2, -0.15) is 0 Å². The van der Waals surface area contributed by atoms with Crippen molar-refractivity contribution >= 4 is 11.6 Å². The van der Waals surface area contributed by atoms with Crippen LogP contribution in [0.2, 0.25) is 0 Å². The van der Waals surface area contributed by atoms with Crippen molar-refractivity contribution < 1.29 is 36.9 Å². The number of halogens is 4. The van der Waals surface area contributed by atoms with Gasteiger partial charge in [-0.25, -0.2) is 4.39 Å². The number of benzene rings is 2. The predicted molar refractivity (Wildman–Crippen MR) is 125 cm³/mol. The number of hydroxylamine groups is 2. The van der Waals surface area contributed by atoms with E-state index in [4.69, 9.17) is 4.74 Å². The second-order valence-corrected chi connectivity index (χ2v) is 8.60. The third kappa shape index (κ3) is 6.11. The lowest BCUT2D eigenvalue weighted by molar-refractivity contribution is -0.274. The van der Waals surface area contributed by atoms with Crippen LogP contribution >= 0.6 is 0 Å². The number of carbonyl (C=O) groups is 1. The fraction of sp³-hybridized carbons (Fsp3) is 0.269. The number of carbonyl (C=O) groups excluding carboxylic acids is 1. The smallest absolute Gasteiger partial charge is 0.573 e. The molecule has 0 fully saturated rings. The molecule has 4 rings (SSSR count). The van der Waals surface area contributed by atoms with Crippen LogP contribution in [0.3, 0.4) is 0 Å². The molecule has 1 amide bonds. The van der Waals surface area contributed by atoms with Crippen LogP contribution in [0.15, 0.2) is 48.5 Å². The van der Waals surface area contributed by atoms with Gasteiger partial charge in [0.15, 0.2) is 12.4 Å². The van der Waals surface area contributed by atoms with E-state index in [1.54, 1.807) is 0 Å². The third-order valence-electron chi connectivity index (χ3n) is 5.72.